The van der Waals surface area contributed by atoms with Crippen molar-refractivity contribution in [3.05, 3.63) is 84.9 Å². The highest BCUT2D eigenvalue weighted by Crippen LogP contribution is 2.52. The average molecular weight is 497 g/mol. The molecular weight excluding hydrogens is 480 g/mol. The van der Waals surface area contributed by atoms with Crippen LogP contribution in [0.5, 0.6) is 5.75 Å². The molecular formula is C23H17ClN4O7. The minimum absolute atomic E-state index is 0.0164. The zero-order chi connectivity index (χ0) is 24.9. The van der Waals surface area contributed by atoms with Gasteiger partial charge in [-0.15, -0.1) is 0 Å². The van der Waals surface area contributed by atoms with Crippen LogP contribution >= 0.6 is 11.6 Å². The second-order valence-corrected chi connectivity index (χ2v) is 8.99. The van der Waals surface area contributed by atoms with E-state index >= 15 is 0 Å². The van der Waals surface area contributed by atoms with E-state index in [-0.39, 0.29) is 40.5 Å². The summed E-state index contributed by atoms with van der Waals surface area (Å²) in [7, 11) is 0. The Labute approximate surface area is 202 Å². The fourth-order valence-electron chi connectivity index (χ4n) is 5.02. The molecule has 2 bridgehead atoms. The topological polar surface area (TPSA) is 145 Å². The SMILES string of the molecule is O=C1C2C3C=CC(C3)C2C(=O)N1N=Cc1cc(Cl)cc([N+](=O)[O-])c1OCc1cccc([N+](=O)[O-])c1. The number of nitrogens with zero attached hydrogens (tertiary/aromatic N) is 4. The number of nitro benzene ring substituents is 2. The summed E-state index contributed by atoms with van der Waals surface area (Å²) in [6, 6.07) is 8.11. The minimum atomic E-state index is -0.689. The molecule has 1 aliphatic heterocycles. The zero-order valence-corrected chi connectivity index (χ0v) is 18.7. The van der Waals surface area contributed by atoms with Gasteiger partial charge in [-0.05, 0) is 29.9 Å². The number of fused-ring (bicyclic) bond motifs is 5. The van der Waals surface area contributed by atoms with E-state index in [0.717, 1.165) is 23.7 Å². The average Bonchev–Trinajstić information content (AvgIpc) is 3.51. The fraction of sp³-hybridized carbons (Fsp3) is 0.261. The number of carbonyl (C=O) groups is 2. The molecule has 0 N–H and O–H groups in total. The van der Waals surface area contributed by atoms with Crippen molar-refractivity contribution in [1.29, 1.82) is 0 Å². The molecule has 0 aromatic heterocycles. The van der Waals surface area contributed by atoms with Gasteiger partial charge in [0.15, 0.2) is 0 Å². The quantitative estimate of drug-likeness (QED) is 0.186. The van der Waals surface area contributed by atoms with Crippen LogP contribution in [-0.4, -0.2) is 32.9 Å². The van der Waals surface area contributed by atoms with Crippen molar-refractivity contribution < 1.29 is 24.2 Å². The highest BCUT2D eigenvalue weighted by Gasteiger charge is 2.59. The number of hydrogen-bond acceptors (Lipinski definition) is 8. The lowest BCUT2D eigenvalue weighted by atomic mass is 9.85. The predicted molar refractivity (Wildman–Crippen MR) is 123 cm³/mol. The van der Waals surface area contributed by atoms with Gasteiger partial charge in [-0.3, -0.25) is 29.8 Å². The van der Waals surface area contributed by atoms with Crippen LogP contribution < -0.4 is 4.74 Å². The smallest absolute Gasteiger partial charge is 0.313 e. The molecule has 2 fully saturated rings. The lowest BCUT2D eigenvalue weighted by Crippen LogP contribution is -2.28. The molecule has 35 heavy (non-hydrogen) atoms. The molecule has 4 unspecified atom stereocenters. The second kappa shape index (κ2) is 8.58. The van der Waals surface area contributed by atoms with Crippen molar-refractivity contribution in [2.45, 2.75) is 13.0 Å². The van der Waals surface area contributed by atoms with Crippen molar-refractivity contribution in [1.82, 2.24) is 5.01 Å². The fourth-order valence-corrected chi connectivity index (χ4v) is 5.25. The van der Waals surface area contributed by atoms with Crippen LogP contribution in [-0.2, 0) is 16.2 Å². The van der Waals surface area contributed by atoms with Gasteiger partial charge in [0.2, 0.25) is 5.75 Å². The van der Waals surface area contributed by atoms with Gasteiger partial charge in [-0.2, -0.15) is 10.1 Å². The van der Waals surface area contributed by atoms with Gasteiger partial charge in [0, 0.05) is 28.8 Å². The third-order valence-corrected chi connectivity index (χ3v) is 6.74. The van der Waals surface area contributed by atoms with Crippen LogP contribution in [0.15, 0.2) is 53.7 Å². The first kappa shape index (κ1) is 22.7. The van der Waals surface area contributed by atoms with Crippen LogP contribution in [0.2, 0.25) is 5.02 Å². The molecule has 2 aromatic rings. The van der Waals surface area contributed by atoms with Crippen molar-refractivity contribution >= 4 is 41.0 Å². The second-order valence-electron chi connectivity index (χ2n) is 8.55. The summed E-state index contributed by atoms with van der Waals surface area (Å²) in [5.41, 5.74) is -0.124. The third-order valence-electron chi connectivity index (χ3n) is 6.52. The molecule has 5 rings (SSSR count). The van der Waals surface area contributed by atoms with Gasteiger partial charge in [-0.1, -0.05) is 35.9 Å². The van der Waals surface area contributed by atoms with Gasteiger partial charge in [-0.25, -0.2) is 0 Å². The van der Waals surface area contributed by atoms with E-state index in [4.69, 9.17) is 16.3 Å². The lowest BCUT2D eigenvalue weighted by molar-refractivity contribution is -0.386. The number of rotatable bonds is 7. The summed E-state index contributed by atoms with van der Waals surface area (Å²) in [4.78, 5) is 47.2. The van der Waals surface area contributed by atoms with Crippen LogP contribution in [0.1, 0.15) is 17.5 Å². The Bertz CT molecular complexity index is 1310. The van der Waals surface area contributed by atoms with Gasteiger partial charge >= 0.3 is 5.69 Å². The Morgan fingerprint density at radius 1 is 1.06 bits per heavy atom. The summed E-state index contributed by atoms with van der Waals surface area (Å²) in [5, 5.41) is 27.6. The van der Waals surface area contributed by atoms with E-state index in [1.165, 1.54) is 24.3 Å². The molecule has 4 atom stereocenters. The zero-order valence-electron chi connectivity index (χ0n) is 17.9. The van der Waals surface area contributed by atoms with E-state index < -0.39 is 39.2 Å². The van der Waals surface area contributed by atoms with E-state index in [1.54, 1.807) is 6.07 Å². The largest absolute Gasteiger partial charge is 0.481 e. The number of allylic oxidation sites excluding steroid dienone is 2. The molecule has 1 heterocycles. The maximum absolute atomic E-state index is 12.9. The molecule has 1 saturated carbocycles. The molecule has 178 valence electrons. The van der Waals surface area contributed by atoms with Crippen molar-refractivity contribution in [3.63, 3.8) is 0 Å². The Kier molecular flexibility index (Phi) is 5.56. The van der Waals surface area contributed by atoms with Gasteiger partial charge in [0.1, 0.15) is 6.61 Å². The number of imide groups is 1. The number of non-ortho nitro benzene ring substituents is 1. The van der Waals surface area contributed by atoms with Crippen LogP contribution in [0.3, 0.4) is 0 Å². The van der Waals surface area contributed by atoms with Gasteiger partial charge in [0.05, 0.1) is 27.9 Å². The van der Waals surface area contributed by atoms with Gasteiger partial charge in [0.25, 0.3) is 17.5 Å². The molecule has 12 heteroatoms. The summed E-state index contributed by atoms with van der Waals surface area (Å²) in [6.45, 7) is -0.217. The molecule has 11 nitrogen and oxygen atoms in total. The van der Waals surface area contributed by atoms with E-state index in [9.17, 15) is 29.8 Å². The maximum atomic E-state index is 12.9. The molecule has 0 radical (unpaired) electrons. The number of ether oxygens (including phenoxy) is 1. The van der Waals surface area contributed by atoms with Gasteiger partial charge < -0.3 is 4.74 Å². The molecule has 0 spiro atoms. The monoisotopic (exact) mass is 496 g/mol. The number of amides is 2. The Hall–Kier alpha value is -4.12. The van der Waals surface area contributed by atoms with E-state index in [2.05, 4.69) is 5.10 Å². The number of halogens is 1. The first-order valence-corrected chi connectivity index (χ1v) is 11.1. The lowest BCUT2D eigenvalue weighted by Gasteiger charge is -2.13. The number of nitro groups is 2. The molecule has 2 aliphatic carbocycles. The Morgan fingerprint density at radius 2 is 1.74 bits per heavy atom. The number of benzene rings is 2. The third kappa shape index (κ3) is 3.93. The van der Waals surface area contributed by atoms with Crippen molar-refractivity contribution in [2.24, 2.45) is 28.8 Å². The molecule has 2 aromatic carbocycles. The summed E-state index contributed by atoms with van der Waals surface area (Å²) in [5.74, 6) is -1.84. The predicted octanol–water partition coefficient (Wildman–Crippen LogP) is 3.88. The van der Waals surface area contributed by atoms with Crippen LogP contribution in [0, 0.1) is 43.9 Å². The first-order valence-electron chi connectivity index (χ1n) is 10.7. The number of hydrogen-bond donors (Lipinski definition) is 0. The Morgan fingerprint density at radius 3 is 2.37 bits per heavy atom. The Balaban J connectivity index is 1.44. The minimum Gasteiger partial charge on any atom is -0.481 e. The number of carbonyl (C=O) groups excluding carboxylic acids is 2. The molecule has 2 amide bonds. The van der Waals surface area contributed by atoms with Crippen LogP contribution in [0.4, 0.5) is 11.4 Å². The van der Waals surface area contributed by atoms with Crippen molar-refractivity contribution in [2.75, 3.05) is 0 Å². The number of hydrazone groups is 1. The summed E-state index contributed by atoms with van der Waals surface area (Å²) < 4.78 is 5.68. The summed E-state index contributed by atoms with van der Waals surface area (Å²) >= 11 is 6.06. The van der Waals surface area contributed by atoms with Crippen LogP contribution in [0.25, 0.3) is 0 Å². The molecule has 1 saturated heterocycles. The van der Waals surface area contributed by atoms with Crippen molar-refractivity contribution in [3.8, 4) is 5.75 Å². The van der Waals surface area contributed by atoms with E-state index in [0.29, 0.717) is 5.56 Å². The maximum Gasteiger partial charge on any atom is 0.313 e. The standard InChI is InChI=1S/C23H17ClN4O7/c24-16-8-15(10-25-26-22(29)19-13-4-5-14(7-13)20(19)23(26)30)21(18(9-16)28(33)34)35-11-12-2-1-3-17(6-12)27(31)32/h1-6,8-10,13-14,19-20H,7,11H2. The van der Waals surface area contributed by atoms with E-state index in [1.807, 2.05) is 12.2 Å². The summed E-state index contributed by atoms with van der Waals surface area (Å²) in [6.07, 6.45) is 5.84. The first-order chi connectivity index (χ1) is 16.7. The molecule has 3 aliphatic rings. The highest BCUT2D eigenvalue weighted by molar-refractivity contribution is 6.31. The normalized spacial score (nSPS) is 24.4. The highest BCUT2D eigenvalue weighted by atomic mass is 35.5.